The van der Waals surface area contributed by atoms with Gasteiger partial charge in [0.25, 0.3) is 10.1 Å². The number of hydrogen-bond acceptors (Lipinski definition) is 2. The zero-order chi connectivity index (χ0) is 12.5. The molecule has 18 heavy (non-hydrogen) atoms. The molecule has 1 N–H and O–H groups in total. The third-order valence-corrected chi connectivity index (χ3v) is 3.58. The number of benzene rings is 2. The molecule has 0 unspecified atom stereocenters. The van der Waals surface area contributed by atoms with Gasteiger partial charge >= 0.3 is 37.7 Å². The first-order valence-corrected chi connectivity index (χ1v) is 6.57. The first kappa shape index (κ1) is 15.7. The average molecular weight is 290 g/mol. The second-order valence-electron chi connectivity index (χ2n) is 3.74. The molecule has 0 aromatic heterocycles. The Bertz CT molecular complexity index is 687. The van der Waals surface area contributed by atoms with Gasteiger partial charge in [-0.15, -0.1) is 6.58 Å². The molecule has 0 radical (unpaired) electrons. The van der Waals surface area contributed by atoms with E-state index < -0.39 is 10.1 Å². The topological polar surface area (TPSA) is 54.4 Å². The summed E-state index contributed by atoms with van der Waals surface area (Å²) in [7, 11) is -4.23. The second kappa shape index (κ2) is 6.17. The molecule has 0 saturated heterocycles. The maximum absolute atomic E-state index is 11.5. The summed E-state index contributed by atoms with van der Waals surface area (Å²) in [6.45, 7) is 3.58. The van der Waals surface area contributed by atoms with Crippen LogP contribution in [0.3, 0.4) is 0 Å². The summed E-state index contributed by atoms with van der Waals surface area (Å²) in [5, 5.41) is 1.32. The monoisotopic (exact) mass is 290 g/mol. The van der Waals surface area contributed by atoms with E-state index in [1.807, 2.05) is 18.2 Å². The maximum atomic E-state index is 11.5. The zero-order valence-corrected chi connectivity index (χ0v) is 12.9. The van der Waals surface area contributed by atoms with Gasteiger partial charge in [0.05, 0.1) is 0 Å². The molecule has 0 saturated carbocycles. The van der Waals surface area contributed by atoms with Crippen LogP contribution in [0.15, 0.2) is 53.9 Å². The third kappa shape index (κ3) is 3.13. The smallest absolute Gasteiger partial charge is 1.00 e. The minimum absolute atomic E-state index is 0. The fourth-order valence-corrected chi connectivity index (χ4v) is 2.86. The number of rotatable bonds is 3. The molecular weight excluding hydrogens is 276 g/mol. The molecule has 2 rings (SSSR count). The largest absolute Gasteiger partial charge is 2.00 e. The SMILES string of the molecule is C=CCc1ccc2ccccc2c1S(=O)(=O)O.[Ca+2].[H-].[H-]. The molecule has 5 heteroatoms. The quantitative estimate of drug-likeness (QED) is 0.537. The summed E-state index contributed by atoms with van der Waals surface area (Å²) in [5.74, 6) is 0. The first-order valence-electron chi connectivity index (χ1n) is 5.13. The summed E-state index contributed by atoms with van der Waals surface area (Å²) in [6.07, 6.45) is 2.01. The maximum Gasteiger partial charge on any atom is 2.00 e. The molecule has 2 aromatic rings. The molecule has 0 bridgehead atoms. The molecule has 0 spiro atoms. The Labute approximate surface area is 139 Å². The Morgan fingerprint density at radius 3 is 2.50 bits per heavy atom. The van der Waals surface area contributed by atoms with Crippen LogP contribution in [0.25, 0.3) is 10.8 Å². The summed E-state index contributed by atoms with van der Waals surface area (Å²) in [4.78, 5) is -0.0181. The molecule has 0 aliphatic carbocycles. The van der Waals surface area contributed by atoms with Crippen molar-refractivity contribution in [1.82, 2.24) is 0 Å². The van der Waals surface area contributed by atoms with E-state index in [2.05, 4.69) is 6.58 Å². The standard InChI is InChI=1S/C13H12O3S.Ca.2H/c1-2-5-11-9-8-10-6-3-4-7-12(10)13(11)17(14,15)16;;;/h2-4,6-9H,1,5H2,(H,14,15,16);;;/q;+2;2*-1. The van der Waals surface area contributed by atoms with Crippen molar-refractivity contribution in [2.24, 2.45) is 0 Å². The van der Waals surface area contributed by atoms with Gasteiger partial charge in [-0.1, -0.05) is 42.5 Å². The van der Waals surface area contributed by atoms with Gasteiger partial charge < -0.3 is 2.85 Å². The van der Waals surface area contributed by atoms with E-state index in [4.69, 9.17) is 0 Å². The van der Waals surface area contributed by atoms with E-state index in [-0.39, 0.29) is 45.5 Å². The fraction of sp³-hybridized carbons (Fsp3) is 0.0769. The average Bonchev–Trinajstić information content (AvgIpc) is 2.27. The van der Waals surface area contributed by atoms with Crippen molar-refractivity contribution < 1.29 is 15.8 Å². The van der Waals surface area contributed by atoms with Crippen LogP contribution in [0, 0.1) is 0 Å². The first-order chi connectivity index (χ1) is 8.04. The van der Waals surface area contributed by atoms with Crippen LogP contribution in [0.2, 0.25) is 0 Å². The molecule has 0 fully saturated rings. The molecule has 92 valence electrons. The summed E-state index contributed by atoms with van der Waals surface area (Å²) in [6, 6.07) is 10.6. The van der Waals surface area contributed by atoms with Crippen LogP contribution in [0.4, 0.5) is 0 Å². The summed E-state index contributed by atoms with van der Waals surface area (Å²) < 4.78 is 32.3. The molecular formula is C13H14CaO3S. The van der Waals surface area contributed by atoms with E-state index in [1.165, 1.54) is 0 Å². The Kier molecular flexibility index (Phi) is 5.37. The van der Waals surface area contributed by atoms with Crippen LogP contribution in [0.5, 0.6) is 0 Å². The second-order valence-corrected chi connectivity index (χ2v) is 5.10. The summed E-state index contributed by atoms with van der Waals surface area (Å²) >= 11 is 0. The predicted molar refractivity (Wildman–Crippen MR) is 75.6 cm³/mol. The number of hydrogen-bond donors (Lipinski definition) is 1. The van der Waals surface area contributed by atoms with Crippen LogP contribution >= 0.6 is 0 Å². The van der Waals surface area contributed by atoms with Crippen LogP contribution in [0.1, 0.15) is 8.42 Å². The molecule has 0 atom stereocenters. The van der Waals surface area contributed by atoms with Crippen molar-refractivity contribution in [3.63, 3.8) is 0 Å². The Morgan fingerprint density at radius 2 is 1.89 bits per heavy atom. The van der Waals surface area contributed by atoms with Gasteiger partial charge in [0, 0.05) is 5.39 Å². The minimum atomic E-state index is -4.23. The van der Waals surface area contributed by atoms with Crippen molar-refractivity contribution in [3.8, 4) is 0 Å². The van der Waals surface area contributed by atoms with E-state index in [1.54, 1.807) is 24.3 Å². The molecule has 3 nitrogen and oxygen atoms in total. The van der Waals surface area contributed by atoms with E-state index in [9.17, 15) is 13.0 Å². The van der Waals surface area contributed by atoms with Gasteiger partial charge in [-0.05, 0) is 17.4 Å². The fourth-order valence-electron chi connectivity index (χ4n) is 1.91. The van der Waals surface area contributed by atoms with Gasteiger partial charge in [0.1, 0.15) is 4.90 Å². The van der Waals surface area contributed by atoms with Crippen LogP contribution < -0.4 is 0 Å². The Hall–Kier alpha value is -0.390. The van der Waals surface area contributed by atoms with Gasteiger partial charge in [-0.3, -0.25) is 4.55 Å². The van der Waals surface area contributed by atoms with Crippen molar-refractivity contribution in [1.29, 1.82) is 0 Å². The van der Waals surface area contributed by atoms with Gasteiger partial charge in [0.15, 0.2) is 0 Å². The van der Waals surface area contributed by atoms with Crippen molar-refractivity contribution in [2.75, 3.05) is 0 Å². The molecule has 0 heterocycles. The van der Waals surface area contributed by atoms with Crippen molar-refractivity contribution >= 4 is 58.6 Å². The molecule has 0 aliphatic rings. The molecule has 0 aliphatic heterocycles. The predicted octanol–water partition coefficient (Wildman–Crippen LogP) is 2.66. The number of allylic oxidation sites excluding steroid dienone is 1. The van der Waals surface area contributed by atoms with E-state index >= 15 is 0 Å². The van der Waals surface area contributed by atoms with Crippen LogP contribution in [-0.2, 0) is 16.5 Å². The van der Waals surface area contributed by atoms with Crippen molar-refractivity contribution in [3.05, 3.63) is 54.6 Å². The minimum Gasteiger partial charge on any atom is -1.00 e. The Balaban J connectivity index is 0. The zero-order valence-electron chi connectivity index (χ0n) is 11.8. The van der Waals surface area contributed by atoms with Crippen molar-refractivity contribution in [2.45, 2.75) is 11.3 Å². The molecule has 0 amide bonds. The number of fused-ring (bicyclic) bond motifs is 1. The summed E-state index contributed by atoms with van der Waals surface area (Å²) in [5.41, 5.74) is 0.557. The van der Waals surface area contributed by atoms with Crippen LogP contribution in [-0.4, -0.2) is 50.7 Å². The van der Waals surface area contributed by atoms with E-state index in [0.29, 0.717) is 17.4 Å². The normalized spacial score (nSPS) is 10.9. The van der Waals surface area contributed by atoms with E-state index in [0.717, 1.165) is 5.39 Å². The molecule has 2 aromatic carbocycles. The third-order valence-electron chi connectivity index (χ3n) is 2.58. The Morgan fingerprint density at radius 1 is 1.22 bits per heavy atom. The van der Waals surface area contributed by atoms with Gasteiger partial charge in [-0.25, -0.2) is 0 Å². The van der Waals surface area contributed by atoms with Gasteiger partial charge in [-0.2, -0.15) is 8.42 Å². The van der Waals surface area contributed by atoms with Gasteiger partial charge in [0.2, 0.25) is 0 Å².